The minimum absolute atomic E-state index is 0.0518. The average Bonchev–Trinajstić information content (AvgIpc) is 2.80. The Balaban J connectivity index is 2.11. The van der Waals surface area contributed by atoms with Gasteiger partial charge in [-0.1, -0.05) is 6.07 Å². The minimum Gasteiger partial charge on any atom is -0.488 e. The fraction of sp³-hybridized carbons (Fsp3) is 0.154. The molecule has 2 rings (SSSR count). The van der Waals surface area contributed by atoms with E-state index in [0.717, 1.165) is 4.88 Å². The van der Waals surface area contributed by atoms with Crippen molar-refractivity contribution in [3.8, 4) is 5.75 Å². The number of nitrogen functional groups attached to an aromatic ring is 1. The van der Waals surface area contributed by atoms with Crippen LogP contribution in [0, 0.1) is 0 Å². The van der Waals surface area contributed by atoms with E-state index in [-0.39, 0.29) is 5.78 Å². The Bertz CT molecular complexity index is 520. The smallest absolute Gasteiger partial charge is 0.162 e. The first kappa shape index (κ1) is 11.7. The Kier molecular flexibility index (Phi) is 3.44. The zero-order valence-electron chi connectivity index (χ0n) is 9.47. The predicted molar refractivity (Wildman–Crippen MR) is 69.5 cm³/mol. The van der Waals surface area contributed by atoms with Crippen molar-refractivity contribution < 1.29 is 9.53 Å². The molecule has 0 atom stereocenters. The maximum Gasteiger partial charge on any atom is 0.162 e. The lowest BCUT2D eigenvalue weighted by Gasteiger charge is -2.07. The lowest BCUT2D eigenvalue weighted by atomic mass is 10.1. The van der Waals surface area contributed by atoms with E-state index in [9.17, 15) is 4.79 Å². The number of Topliss-reactive ketones (excluding diaryl/α,β-unsaturated/α-hetero) is 1. The lowest BCUT2D eigenvalue weighted by Crippen LogP contribution is -2.01. The van der Waals surface area contributed by atoms with Gasteiger partial charge in [-0.2, -0.15) is 0 Å². The molecule has 0 radical (unpaired) electrons. The van der Waals surface area contributed by atoms with Crippen LogP contribution in [0.2, 0.25) is 0 Å². The standard InChI is InChI=1S/C13H13NO2S/c1-9(15)12-7-10(4-5-13(12)14)16-8-11-3-2-6-17-11/h2-7H,8,14H2,1H3. The molecule has 0 amide bonds. The van der Waals surface area contributed by atoms with Crippen LogP contribution in [-0.2, 0) is 6.61 Å². The molecular formula is C13H13NO2S. The highest BCUT2D eigenvalue weighted by Gasteiger charge is 2.06. The molecular weight excluding hydrogens is 234 g/mol. The molecule has 0 fully saturated rings. The van der Waals surface area contributed by atoms with Gasteiger partial charge in [0.05, 0.1) is 0 Å². The summed E-state index contributed by atoms with van der Waals surface area (Å²) in [5.41, 5.74) is 6.70. The van der Waals surface area contributed by atoms with Crippen LogP contribution in [0.5, 0.6) is 5.75 Å². The molecule has 0 aliphatic rings. The Morgan fingerprint density at radius 2 is 2.24 bits per heavy atom. The van der Waals surface area contributed by atoms with E-state index < -0.39 is 0 Å². The van der Waals surface area contributed by atoms with Crippen LogP contribution in [0.15, 0.2) is 35.7 Å². The predicted octanol–water partition coefficient (Wildman–Crippen LogP) is 3.11. The van der Waals surface area contributed by atoms with Gasteiger partial charge in [0, 0.05) is 16.1 Å². The van der Waals surface area contributed by atoms with Gasteiger partial charge in [-0.15, -0.1) is 11.3 Å². The van der Waals surface area contributed by atoms with E-state index in [0.29, 0.717) is 23.6 Å². The van der Waals surface area contributed by atoms with Gasteiger partial charge in [-0.3, -0.25) is 4.79 Å². The first-order valence-corrected chi connectivity index (χ1v) is 6.10. The summed E-state index contributed by atoms with van der Waals surface area (Å²) in [7, 11) is 0. The van der Waals surface area contributed by atoms with Crippen LogP contribution >= 0.6 is 11.3 Å². The Morgan fingerprint density at radius 1 is 1.41 bits per heavy atom. The second-order valence-electron chi connectivity index (χ2n) is 3.67. The molecule has 2 N–H and O–H groups in total. The number of anilines is 1. The van der Waals surface area contributed by atoms with E-state index >= 15 is 0 Å². The van der Waals surface area contributed by atoms with Crippen LogP contribution in [0.1, 0.15) is 22.2 Å². The van der Waals surface area contributed by atoms with Gasteiger partial charge in [0.15, 0.2) is 5.78 Å². The average molecular weight is 247 g/mol. The minimum atomic E-state index is -0.0518. The molecule has 4 heteroatoms. The molecule has 0 aliphatic heterocycles. The molecule has 1 aromatic carbocycles. The molecule has 0 aliphatic carbocycles. The Morgan fingerprint density at radius 3 is 2.88 bits per heavy atom. The normalized spacial score (nSPS) is 10.2. The maximum absolute atomic E-state index is 11.3. The van der Waals surface area contributed by atoms with Gasteiger partial charge >= 0.3 is 0 Å². The number of rotatable bonds is 4. The van der Waals surface area contributed by atoms with Gasteiger partial charge in [-0.05, 0) is 36.6 Å². The number of nitrogens with two attached hydrogens (primary N) is 1. The van der Waals surface area contributed by atoms with Crippen molar-refractivity contribution in [1.29, 1.82) is 0 Å². The number of benzene rings is 1. The topological polar surface area (TPSA) is 52.3 Å². The van der Waals surface area contributed by atoms with Crippen molar-refractivity contribution in [2.45, 2.75) is 13.5 Å². The number of carbonyl (C=O) groups excluding carboxylic acids is 1. The molecule has 0 spiro atoms. The van der Waals surface area contributed by atoms with Crippen molar-refractivity contribution >= 4 is 22.8 Å². The van der Waals surface area contributed by atoms with Gasteiger partial charge in [0.25, 0.3) is 0 Å². The highest BCUT2D eigenvalue weighted by atomic mass is 32.1. The van der Waals surface area contributed by atoms with E-state index in [1.54, 1.807) is 29.5 Å². The van der Waals surface area contributed by atoms with Gasteiger partial charge in [0.2, 0.25) is 0 Å². The number of ether oxygens (including phenoxy) is 1. The number of thiophene rings is 1. The molecule has 0 saturated carbocycles. The Hall–Kier alpha value is -1.81. The summed E-state index contributed by atoms with van der Waals surface area (Å²) in [6, 6.07) is 9.14. The van der Waals surface area contributed by atoms with E-state index in [1.807, 2.05) is 17.5 Å². The fourth-order valence-corrected chi connectivity index (χ4v) is 2.10. The molecule has 0 unspecified atom stereocenters. The van der Waals surface area contributed by atoms with Gasteiger partial charge in [0.1, 0.15) is 12.4 Å². The molecule has 1 aromatic heterocycles. The maximum atomic E-state index is 11.3. The second-order valence-corrected chi connectivity index (χ2v) is 4.71. The number of hydrogen-bond acceptors (Lipinski definition) is 4. The summed E-state index contributed by atoms with van der Waals surface area (Å²) in [5.74, 6) is 0.613. The SMILES string of the molecule is CC(=O)c1cc(OCc2cccs2)ccc1N. The van der Waals surface area contributed by atoms with Crippen LogP contribution in [0.3, 0.4) is 0 Å². The third kappa shape index (κ3) is 2.85. The largest absolute Gasteiger partial charge is 0.488 e. The van der Waals surface area contributed by atoms with Gasteiger partial charge < -0.3 is 10.5 Å². The summed E-state index contributed by atoms with van der Waals surface area (Å²) in [6.45, 7) is 2.01. The summed E-state index contributed by atoms with van der Waals surface area (Å²) >= 11 is 1.64. The molecule has 2 aromatic rings. The van der Waals surface area contributed by atoms with Crippen molar-refractivity contribution in [2.75, 3.05) is 5.73 Å². The van der Waals surface area contributed by atoms with Crippen molar-refractivity contribution in [3.63, 3.8) is 0 Å². The van der Waals surface area contributed by atoms with Crippen LogP contribution < -0.4 is 10.5 Å². The molecule has 17 heavy (non-hydrogen) atoms. The van der Waals surface area contributed by atoms with Crippen LogP contribution in [0.4, 0.5) is 5.69 Å². The summed E-state index contributed by atoms with van der Waals surface area (Å²) < 4.78 is 5.60. The number of carbonyl (C=O) groups is 1. The monoisotopic (exact) mass is 247 g/mol. The van der Waals surface area contributed by atoms with Crippen LogP contribution in [0.25, 0.3) is 0 Å². The highest BCUT2D eigenvalue weighted by molar-refractivity contribution is 7.09. The molecule has 0 bridgehead atoms. The van der Waals surface area contributed by atoms with E-state index in [1.165, 1.54) is 6.92 Å². The first-order chi connectivity index (χ1) is 8.16. The second kappa shape index (κ2) is 5.01. The lowest BCUT2D eigenvalue weighted by molar-refractivity contribution is 0.101. The quantitative estimate of drug-likeness (QED) is 0.667. The summed E-state index contributed by atoms with van der Waals surface area (Å²) in [5, 5.41) is 2.00. The molecule has 0 saturated heterocycles. The number of hydrogen-bond donors (Lipinski definition) is 1. The van der Waals surface area contributed by atoms with Crippen LogP contribution in [-0.4, -0.2) is 5.78 Å². The molecule has 1 heterocycles. The van der Waals surface area contributed by atoms with Gasteiger partial charge in [-0.25, -0.2) is 0 Å². The third-order valence-electron chi connectivity index (χ3n) is 2.37. The highest BCUT2D eigenvalue weighted by Crippen LogP contribution is 2.21. The number of ketones is 1. The Labute approximate surface area is 104 Å². The third-order valence-corrected chi connectivity index (χ3v) is 3.22. The fourth-order valence-electron chi connectivity index (χ4n) is 1.48. The summed E-state index contributed by atoms with van der Waals surface area (Å²) in [4.78, 5) is 12.5. The zero-order valence-corrected chi connectivity index (χ0v) is 10.3. The molecule has 3 nitrogen and oxygen atoms in total. The van der Waals surface area contributed by atoms with E-state index in [2.05, 4.69) is 0 Å². The summed E-state index contributed by atoms with van der Waals surface area (Å²) in [6.07, 6.45) is 0. The first-order valence-electron chi connectivity index (χ1n) is 5.22. The van der Waals surface area contributed by atoms with Crippen molar-refractivity contribution in [1.82, 2.24) is 0 Å². The van der Waals surface area contributed by atoms with Crippen molar-refractivity contribution in [2.24, 2.45) is 0 Å². The molecule has 88 valence electrons. The zero-order chi connectivity index (χ0) is 12.3. The van der Waals surface area contributed by atoms with Crippen molar-refractivity contribution in [3.05, 3.63) is 46.2 Å². The van der Waals surface area contributed by atoms with E-state index in [4.69, 9.17) is 10.5 Å².